The van der Waals surface area contributed by atoms with Crippen LogP contribution in [0.5, 0.6) is 0 Å². The monoisotopic (exact) mass is 284 g/mol. The van der Waals surface area contributed by atoms with Gasteiger partial charge in [-0.3, -0.25) is 0 Å². The van der Waals surface area contributed by atoms with Crippen molar-refractivity contribution in [1.29, 1.82) is 0 Å². The molecule has 0 aromatic heterocycles. The predicted octanol–water partition coefficient (Wildman–Crippen LogP) is 2.38. The maximum Gasteiger partial charge on any atom is 0.0794 e. The maximum absolute atomic E-state index is 10.1. The molecular weight excluding hydrogens is 268 g/mol. The van der Waals surface area contributed by atoms with Gasteiger partial charge >= 0.3 is 0 Å². The number of aliphatic hydroxyl groups is 1. The second kappa shape index (κ2) is 4.26. The molecule has 1 aliphatic heterocycles. The summed E-state index contributed by atoms with van der Waals surface area (Å²) < 4.78 is 0.991. The maximum atomic E-state index is 10.1. The van der Waals surface area contributed by atoms with Gasteiger partial charge in [0.05, 0.1) is 11.3 Å². The Balaban J connectivity index is 2.23. The number of anilines is 2. The summed E-state index contributed by atoms with van der Waals surface area (Å²) in [4.78, 5) is 2.20. The molecule has 1 aliphatic rings. The number of hydrogen-bond donors (Lipinski definition) is 2. The fourth-order valence-corrected chi connectivity index (χ4v) is 2.85. The first-order valence-corrected chi connectivity index (χ1v) is 6.30. The normalized spacial score (nSPS) is 25.8. The van der Waals surface area contributed by atoms with Crippen molar-refractivity contribution in [2.75, 3.05) is 23.7 Å². The van der Waals surface area contributed by atoms with Gasteiger partial charge in [0.25, 0.3) is 0 Å². The number of halogens is 1. The summed E-state index contributed by atoms with van der Waals surface area (Å²) in [6.45, 7) is 3.55. The molecule has 2 rings (SSSR count). The van der Waals surface area contributed by atoms with E-state index in [-0.39, 0.29) is 0 Å². The molecule has 16 heavy (non-hydrogen) atoms. The van der Waals surface area contributed by atoms with Crippen molar-refractivity contribution in [2.45, 2.75) is 25.4 Å². The third-order valence-corrected chi connectivity index (χ3v) is 3.62. The van der Waals surface area contributed by atoms with E-state index in [1.807, 2.05) is 25.1 Å². The van der Waals surface area contributed by atoms with Crippen molar-refractivity contribution >= 4 is 27.3 Å². The molecule has 0 spiro atoms. The summed E-state index contributed by atoms with van der Waals surface area (Å²) in [6, 6.07) is 5.79. The van der Waals surface area contributed by atoms with E-state index in [9.17, 15) is 5.11 Å². The number of benzene rings is 1. The summed E-state index contributed by atoms with van der Waals surface area (Å²) in [5.41, 5.74) is 6.98. The van der Waals surface area contributed by atoms with Crippen molar-refractivity contribution in [1.82, 2.24) is 0 Å². The Morgan fingerprint density at radius 1 is 1.50 bits per heavy atom. The highest BCUT2D eigenvalue weighted by atomic mass is 79.9. The average molecular weight is 285 g/mol. The molecule has 1 aromatic carbocycles. The number of nitrogens with zero attached hydrogens (tertiary/aromatic N) is 1. The van der Waals surface area contributed by atoms with Crippen LogP contribution < -0.4 is 10.6 Å². The largest absolute Gasteiger partial charge is 0.399 e. The molecule has 1 heterocycles. The Kier molecular flexibility index (Phi) is 3.13. The molecule has 1 aromatic rings. The van der Waals surface area contributed by atoms with Crippen LogP contribution in [-0.4, -0.2) is 23.8 Å². The summed E-state index contributed by atoms with van der Waals surface area (Å²) in [6.07, 6.45) is 1.89. The average Bonchev–Trinajstić information content (AvgIpc) is 2.15. The zero-order valence-electron chi connectivity index (χ0n) is 9.41. The van der Waals surface area contributed by atoms with E-state index < -0.39 is 5.60 Å². The lowest BCUT2D eigenvalue weighted by Crippen LogP contribution is -2.46. The molecule has 1 atom stereocenters. The van der Waals surface area contributed by atoms with Crippen molar-refractivity contribution in [2.24, 2.45) is 0 Å². The SMILES string of the molecule is CC1(O)CCCN(c2ccc(N)cc2Br)C1. The Labute approximate surface area is 104 Å². The van der Waals surface area contributed by atoms with Crippen LogP contribution >= 0.6 is 15.9 Å². The number of piperidine rings is 1. The Morgan fingerprint density at radius 3 is 2.88 bits per heavy atom. The molecule has 0 radical (unpaired) electrons. The van der Waals surface area contributed by atoms with Gasteiger partial charge < -0.3 is 15.7 Å². The number of rotatable bonds is 1. The van der Waals surface area contributed by atoms with Gasteiger partial charge in [-0.1, -0.05) is 0 Å². The summed E-state index contributed by atoms with van der Waals surface area (Å²) in [5.74, 6) is 0. The fourth-order valence-electron chi connectivity index (χ4n) is 2.21. The van der Waals surface area contributed by atoms with Crippen molar-refractivity contribution in [3.8, 4) is 0 Å². The fraction of sp³-hybridized carbons (Fsp3) is 0.500. The zero-order valence-corrected chi connectivity index (χ0v) is 11.0. The molecule has 0 bridgehead atoms. The van der Waals surface area contributed by atoms with Crippen molar-refractivity contribution in [3.63, 3.8) is 0 Å². The van der Waals surface area contributed by atoms with Crippen LogP contribution in [0, 0.1) is 0 Å². The molecule has 88 valence electrons. The molecule has 0 aliphatic carbocycles. The lowest BCUT2D eigenvalue weighted by atomic mass is 9.95. The van der Waals surface area contributed by atoms with Gasteiger partial charge in [0.15, 0.2) is 0 Å². The summed E-state index contributed by atoms with van der Waals surface area (Å²) in [5, 5.41) is 10.1. The van der Waals surface area contributed by atoms with E-state index in [1.54, 1.807) is 0 Å². The second-order valence-corrected chi connectivity index (χ2v) is 5.59. The standard InChI is InChI=1S/C12H17BrN2O/c1-12(16)5-2-6-15(8-12)11-4-3-9(14)7-10(11)13/h3-4,7,16H,2,5-6,8,14H2,1H3. The van der Waals surface area contributed by atoms with E-state index in [0.29, 0.717) is 6.54 Å². The van der Waals surface area contributed by atoms with Gasteiger partial charge in [0, 0.05) is 23.2 Å². The quantitative estimate of drug-likeness (QED) is 0.779. The lowest BCUT2D eigenvalue weighted by Gasteiger charge is -2.38. The molecule has 3 N–H and O–H groups in total. The smallest absolute Gasteiger partial charge is 0.0794 e. The molecule has 3 nitrogen and oxygen atoms in total. The molecular formula is C12H17BrN2O. The minimum Gasteiger partial charge on any atom is -0.399 e. The van der Waals surface area contributed by atoms with Crippen LogP contribution in [0.1, 0.15) is 19.8 Å². The van der Waals surface area contributed by atoms with Crippen LogP contribution in [0.4, 0.5) is 11.4 Å². The van der Waals surface area contributed by atoms with Crippen LogP contribution in [0.25, 0.3) is 0 Å². The first-order chi connectivity index (χ1) is 7.48. The number of hydrogen-bond acceptors (Lipinski definition) is 3. The summed E-state index contributed by atoms with van der Waals surface area (Å²) >= 11 is 3.52. The molecule has 0 saturated carbocycles. The number of nitrogens with two attached hydrogens (primary N) is 1. The van der Waals surface area contributed by atoms with E-state index in [1.165, 1.54) is 0 Å². The highest BCUT2D eigenvalue weighted by molar-refractivity contribution is 9.10. The van der Waals surface area contributed by atoms with Gasteiger partial charge in [0.1, 0.15) is 0 Å². The van der Waals surface area contributed by atoms with Crippen LogP contribution in [0.2, 0.25) is 0 Å². The van der Waals surface area contributed by atoms with Crippen molar-refractivity contribution in [3.05, 3.63) is 22.7 Å². The van der Waals surface area contributed by atoms with Gasteiger partial charge in [-0.2, -0.15) is 0 Å². The van der Waals surface area contributed by atoms with Crippen LogP contribution in [0.3, 0.4) is 0 Å². The van der Waals surface area contributed by atoms with E-state index in [4.69, 9.17) is 5.73 Å². The van der Waals surface area contributed by atoms with Crippen molar-refractivity contribution < 1.29 is 5.11 Å². The van der Waals surface area contributed by atoms with E-state index in [0.717, 1.165) is 35.2 Å². The lowest BCUT2D eigenvalue weighted by molar-refractivity contribution is 0.0449. The van der Waals surface area contributed by atoms with Crippen LogP contribution in [-0.2, 0) is 0 Å². The second-order valence-electron chi connectivity index (χ2n) is 4.73. The highest BCUT2D eigenvalue weighted by Gasteiger charge is 2.29. The molecule has 0 amide bonds. The number of nitrogen functional groups attached to an aromatic ring is 1. The van der Waals surface area contributed by atoms with Gasteiger partial charge in [-0.15, -0.1) is 0 Å². The third kappa shape index (κ3) is 2.50. The molecule has 4 heteroatoms. The van der Waals surface area contributed by atoms with Gasteiger partial charge in [-0.05, 0) is 53.9 Å². The minimum absolute atomic E-state index is 0.584. The first kappa shape index (κ1) is 11.7. The van der Waals surface area contributed by atoms with Gasteiger partial charge in [0.2, 0.25) is 0 Å². The molecule has 1 unspecified atom stereocenters. The first-order valence-electron chi connectivity index (χ1n) is 5.50. The van der Waals surface area contributed by atoms with E-state index >= 15 is 0 Å². The molecule has 1 fully saturated rings. The Morgan fingerprint density at radius 2 is 2.25 bits per heavy atom. The summed E-state index contributed by atoms with van der Waals surface area (Å²) in [7, 11) is 0. The van der Waals surface area contributed by atoms with Crippen LogP contribution in [0.15, 0.2) is 22.7 Å². The zero-order chi connectivity index (χ0) is 11.8. The number of β-amino-alcohol motifs (C(OH)–C–C–N with tert-alkyl or cyclic N) is 1. The molecule has 1 saturated heterocycles. The Hall–Kier alpha value is -0.740. The predicted molar refractivity (Wildman–Crippen MR) is 70.6 cm³/mol. The highest BCUT2D eigenvalue weighted by Crippen LogP contribution is 2.32. The minimum atomic E-state index is -0.584. The van der Waals surface area contributed by atoms with Gasteiger partial charge in [-0.25, -0.2) is 0 Å². The third-order valence-electron chi connectivity index (χ3n) is 2.99. The van der Waals surface area contributed by atoms with E-state index in [2.05, 4.69) is 20.8 Å². The topological polar surface area (TPSA) is 49.5 Å². The Bertz CT molecular complexity index is 393.